The molecule has 0 amide bonds. The smallest absolute Gasteiger partial charge is 0.338 e. The lowest BCUT2D eigenvalue weighted by Crippen LogP contribution is -2.07. The topological polar surface area (TPSA) is 78.9 Å². The van der Waals surface area contributed by atoms with Crippen molar-refractivity contribution < 1.29 is 33.0 Å². The van der Waals surface area contributed by atoms with Crippen LogP contribution in [0.25, 0.3) is 0 Å². The fraction of sp³-hybridized carbons (Fsp3) is 0.0312. The first kappa shape index (κ1) is 27.9. The molecule has 0 aliphatic rings. The van der Waals surface area contributed by atoms with E-state index in [9.17, 15) is 18.8 Å². The molecular formula is C32H21FO6. The molecule has 6 nitrogen and oxygen atoms in total. The molecule has 7 heteroatoms. The van der Waals surface area contributed by atoms with Crippen LogP contribution in [0.1, 0.15) is 29.2 Å². The maximum atomic E-state index is 14.9. The summed E-state index contributed by atoms with van der Waals surface area (Å²) >= 11 is 0. The Morgan fingerprint density at radius 3 is 1.72 bits per heavy atom. The first-order chi connectivity index (χ1) is 18.7. The third-order valence-electron chi connectivity index (χ3n) is 4.78. The molecule has 0 aromatic heterocycles. The molecule has 0 fully saturated rings. The van der Waals surface area contributed by atoms with E-state index in [0.717, 1.165) is 18.2 Å². The van der Waals surface area contributed by atoms with E-state index in [2.05, 4.69) is 43.4 Å². The Balaban J connectivity index is 1.87. The molecule has 0 atom stereocenters. The number of benzene rings is 3. The molecule has 0 saturated carbocycles. The van der Waals surface area contributed by atoms with Crippen molar-refractivity contribution in [3.63, 3.8) is 0 Å². The Morgan fingerprint density at radius 1 is 0.718 bits per heavy atom. The van der Waals surface area contributed by atoms with Crippen molar-refractivity contribution in [1.82, 2.24) is 0 Å². The molecule has 3 aromatic carbocycles. The first-order valence-electron chi connectivity index (χ1n) is 11.3. The zero-order valence-electron chi connectivity index (χ0n) is 20.9. The van der Waals surface area contributed by atoms with Gasteiger partial charge in [0.05, 0.1) is 11.1 Å². The number of halogens is 1. The number of ether oxygens (including phenoxy) is 3. The summed E-state index contributed by atoms with van der Waals surface area (Å²) in [5.74, 6) is 9.19. The van der Waals surface area contributed by atoms with Gasteiger partial charge in [-0.2, -0.15) is 0 Å². The Hall–Kier alpha value is -5.66. The minimum absolute atomic E-state index is 0.00307. The highest BCUT2D eigenvalue weighted by Crippen LogP contribution is 2.23. The van der Waals surface area contributed by atoms with Crippen molar-refractivity contribution in [2.45, 2.75) is 6.92 Å². The maximum Gasteiger partial charge on any atom is 0.338 e. The van der Waals surface area contributed by atoms with Crippen LogP contribution in [0.15, 0.2) is 98.1 Å². The average Bonchev–Trinajstić information content (AvgIpc) is 2.93. The van der Waals surface area contributed by atoms with E-state index in [-0.39, 0.29) is 22.4 Å². The molecule has 0 N–H and O–H groups in total. The molecule has 0 saturated heterocycles. The van der Waals surface area contributed by atoms with E-state index < -0.39 is 23.7 Å². The van der Waals surface area contributed by atoms with Crippen LogP contribution >= 0.6 is 0 Å². The molecule has 192 valence electrons. The van der Waals surface area contributed by atoms with Crippen LogP contribution in [0, 0.1) is 29.5 Å². The molecule has 39 heavy (non-hydrogen) atoms. The molecule has 3 rings (SSSR count). The Morgan fingerprint density at radius 2 is 1.21 bits per heavy atom. The van der Waals surface area contributed by atoms with Gasteiger partial charge in [0.1, 0.15) is 23.1 Å². The fourth-order valence-corrected chi connectivity index (χ4v) is 2.82. The summed E-state index contributed by atoms with van der Waals surface area (Å²) in [6, 6.07) is 15.0. The molecule has 0 spiro atoms. The van der Waals surface area contributed by atoms with E-state index >= 15 is 0 Å². The van der Waals surface area contributed by atoms with Crippen LogP contribution in [-0.2, 0) is 14.4 Å². The molecule has 0 unspecified atom stereocenters. The van der Waals surface area contributed by atoms with Gasteiger partial charge >= 0.3 is 17.9 Å². The Bertz CT molecular complexity index is 1590. The molecule has 0 heterocycles. The second kappa shape index (κ2) is 13.0. The summed E-state index contributed by atoms with van der Waals surface area (Å²) < 4.78 is 30.3. The molecule has 0 radical (unpaired) electrons. The van der Waals surface area contributed by atoms with Crippen LogP contribution in [0.3, 0.4) is 0 Å². The second-order valence-electron chi connectivity index (χ2n) is 7.80. The number of hydrogen-bond donors (Lipinski definition) is 0. The van der Waals surface area contributed by atoms with Gasteiger partial charge in [0.2, 0.25) is 0 Å². The maximum absolute atomic E-state index is 14.9. The Kier molecular flexibility index (Phi) is 9.34. The van der Waals surface area contributed by atoms with Crippen LogP contribution < -0.4 is 14.2 Å². The predicted octanol–water partition coefficient (Wildman–Crippen LogP) is 5.29. The number of carbonyl (C=O) groups excluding carboxylic acids is 3. The minimum atomic E-state index is -0.753. The number of esters is 3. The van der Waals surface area contributed by atoms with Crippen molar-refractivity contribution in [3.8, 4) is 40.9 Å². The SMILES string of the molecule is C=CC(=O)Oc1ccc(C#Cc2cc(F)c(C#Cc3ccc(OC(=O)C(=C)C)cc3)cc2OC(=O)C=C)cc1. The predicted molar refractivity (Wildman–Crippen MR) is 143 cm³/mol. The van der Waals surface area contributed by atoms with Gasteiger partial charge in [0, 0.05) is 34.9 Å². The molecule has 3 aromatic rings. The normalized spacial score (nSPS) is 9.49. The van der Waals surface area contributed by atoms with Crippen molar-refractivity contribution in [2.24, 2.45) is 0 Å². The van der Waals surface area contributed by atoms with Gasteiger partial charge in [0.15, 0.2) is 0 Å². The van der Waals surface area contributed by atoms with Gasteiger partial charge in [-0.15, -0.1) is 0 Å². The monoisotopic (exact) mass is 520 g/mol. The van der Waals surface area contributed by atoms with E-state index in [1.54, 1.807) is 48.5 Å². The highest BCUT2D eigenvalue weighted by molar-refractivity contribution is 5.88. The van der Waals surface area contributed by atoms with E-state index in [1.807, 2.05) is 0 Å². The van der Waals surface area contributed by atoms with Gasteiger partial charge in [-0.1, -0.05) is 43.4 Å². The average molecular weight is 521 g/mol. The lowest BCUT2D eigenvalue weighted by molar-refractivity contribution is -0.130. The summed E-state index contributed by atoms with van der Waals surface area (Å²) in [6.45, 7) is 11.8. The first-order valence-corrected chi connectivity index (χ1v) is 11.3. The summed E-state index contributed by atoms with van der Waals surface area (Å²) in [5, 5.41) is 0. The van der Waals surface area contributed by atoms with Crippen LogP contribution in [0.5, 0.6) is 17.2 Å². The largest absolute Gasteiger partial charge is 0.423 e. The van der Waals surface area contributed by atoms with Crippen LogP contribution in [-0.4, -0.2) is 17.9 Å². The number of carbonyl (C=O) groups is 3. The van der Waals surface area contributed by atoms with Crippen molar-refractivity contribution in [2.75, 3.05) is 0 Å². The highest BCUT2D eigenvalue weighted by atomic mass is 19.1. The van der Waals surface area contributed by atoms with Crippen molar-refractivity contribution >= 4 is 17.9 Å². The lowest BCUT2D eigenvalue weighted by Gasteiger charge is -2.06. The van der Waals surface area contributed by atoms with Crippen molar-refractivity contribution in [3.05, 3.63) is 126 Å². The molecule has 0 aliphatic heterocycles. The highest BCUT2D eigenvalue weighted by Gasteiger charge is 2.12. The van der Waals surface area contributed by atoms with Gasteiger partial charge in [0.25, 0.3) is 0 Å². The van der Waals surface area contributed by atoms with Gasteiger partial charge in [-0.05, 0) is 61.5 Å². The zero-order valence-corrected chi connectivity index (χ0v) is 20.9. The van der Waals surface area contributed by atoms with E-state index in [1.165, 1.54) is 13.0 Å². The van der Waals surface area contributed by atoms with Gasteiger partial charge < -0.3 is 14.2 Å². The molecule has 0 bridgehead atoms. The zero-order chi connectivity index (χ0) is 28.4. The van der Waals surface area contributed by atoms with Gasteiger partial charge in [-0.3, -0.25) is 0 Å². The van der Waals surface area contributed by atoms with Crippen LogP contribution in [0.2, 0.25) is 0 Å². The Labute approximate surface area is 225 Å². The third-order valence-corrected chi connectivity index (χ3v) is 4.78. The summed E-state index contributed by atoms with van der Waals surface area (Å²) in [5.41, 5.74) is 1.41. The van der Waals surface area contributed by atoms with Crippen molar-refractivity contribution in [1.29, 1.82) is 0 Å². The van der Waals surface area contributed by atoms with Crippen LogP contribution in [0.4, 0.5) is 4.39 Å². The number of hydrogen-bond acceptors (Lipinski definition) is 6. The van der Waals surface area contributed by atoms with Gasteiger partial charge in [-0.25, -0.2) is 18.8 Å². The second-order valence-corrected chi connectivity index (χ2v) is 7.80. The molecular weight excluding hydrogens is 499 g/mol. The minimum Gasteiger partial charge on any atom is -0.423 e. The van der Waals surface area contributed by atoms with E-state index in [0.29, 0.717) is 22.6 Å². The lowest BCUT2D eigenvalue weighted by atomic mass is 10.1. The third kappa shape index (κ3) is 8.18. The summed E-state index contributed by atoms with van der Waals surface area (Å²) in [6.07, 6.45) is 2.01. The standard InChI is InChI=1S/C32H21FO6/c1-5-30(34)37-26-15-9-23(10-16-26)8-14-25-19-28(33)24(20-29(25)39-31(35)6-2)13-7-22-11-17-27(18-12-22)38-32(36)21(3)4/h5-6,9-12,15-20H,1-3H2,4H3. The quantitative estimate of drug-likeness (QED) is 0.190. The summed E-state index contributed by atoms with van der Waals surface area (Å²) in [7, 11) is 0. The molecule has 0 aliphatic carbocycles. The number of rotatable bonds is 6. The summed E-state index contributed by atoms with van der Waals surface area (Å²) in [4.78, 5) is 34.8. The van der Waals surface area contributed by atoms with E-state index in [4.69, 9.17) is 14.2 Å². The fourth-order valence-electron chi connectivity index (χ4n) is 2.82.